The molecule has 20 nitrogen and oxygen atoms in total. The summed E-state index contributed by atoms with van der Waals surface area (Å²) in [6, 6.07) is -0.288. The Balaban J connectivity index is 3.17. The first-order valence-corrected chi connectivity index (χ1v) is 17.2. The molecule has 14 N–H and O–H groups in total. The summed E-state index contributed by atoms with van der Waals surface area (Å²) < 4.78 is 0. The molecule has 0 spiro atoms. The van der Waals surface area contributed by atoms with E-state index in [9.17, 15) is 53.7 Å². The smallest absolute Gasteiger partial charge is 0.326 e. The maximum atomic E-state index is 13.5. The van der Waals surface area contributed by atoms with Crippen LogP contribution in [0.15, 0.2) is 35.3 Å². The van der Waals surface area contributed by atoms with Crippen molar-refractivity contribution in [2.24, 2.45) is 34.0 Å². The SMILES string of the molecule is CC(C)C[C@H](NC(=O)[C@H](CC(=O)O)NC(=O)[C@@H](N)CCCN=C(N)N)C(=O)N[C@@H](CC(=O)O)C(=O)N[C@H](C(=O)N[C@@H](Cc1ccccc1)C(=O)O)C(C)C. The van der Waals surface area contributed by atoms with Crippen LogP contribution in [0, 0.1) is 11.8 Å². The van der Waals surface area contributed by atoms with Gasteiger partial charge in [0.25, 0.3) is 0 Å². The molecule has 1 aromatic carbocycles. The van der Waals surface area contributed by atoms with Crippen LogP contribution in [0.1, 0.15) is 65.4 Å². The van der Waals surface area contributed by atoms with E-state index in [4.69, 9.17) is 17.2 Å². The Hall–Kier alpha value is -5.79. The maximum Gasteiger partial charge on any atom is 0.326 e. The van der Waals surface area contributed by atoms with Crippen molar-refractivity contribution in [1.29, 1.82) is 0 Å². The normalized spacial score (nSPS) is 14.3. The van der Waals surface area contributed by atoms with Gasteiger partial charge >= 0.3 is 17.9 Å². The number of carbonyl (C=O) groups is 8. The number of benzene rings is 1. The molecule has 54 heavy (non-hydrogen) atoms. The monoisotopic (exact) mass is 763 g/mol. The minimum atomic E-state index is -1.78. The lowest BCUT2D eigenvalue weighted by Gasteiger charge is -2.28. The van der Waals surface area contributed by atoms with E-state index in [-0.39, 0.29) is 37.7 Å². The van der Waals surface area contributed by atoms with Crippen LogP contribution < -0.4 is 43.8 Å². The Morgan fingerprint density at radius 3 is 1.63 bits per heavy atom. The van der Waals surface area contributed by atoms with Crippen molar-refractivity contribution in [2.45, 2.75) is 102 Å². The molecule has 6 atom stereocenters. The number of amides is 5. The average Bonchev–Trinajstić information content (AvgIpc) is 3.06. The van der Waals surface area contributed by atoms with Crippen LogP contribution in [-0.4, -0.2) is 112 Å². The third-order valence-corrected chi connectivity index (χ3v) is 7.81. The van der Waals surface area contributed by atoms with Gasteiger partial charge < -0.3 is 59.1 Å². The lowest BCUT2D eigenvalue weighted by Crippen LogP contribution is -2.60. The topological polar surface area (TPSA) is 348 Å². The molecular formula is C34H53N9O11. The molecule has 0 aliphatic carbocycles. The molecule has 300 valence electrons. The van der Waals surface area contributed by atoms with Crippen LogP contribution in [0.3, 0.4) is 0 Å². The highest BCUT2D eigenvalue weighted by Gasteiger charge is 2.35. The standard InChI is InChI=1S/C34H53N9O11/c1-17(2)13-21(40-30(50)22(15-25(44)45)39-28(48)20(35)11-8-12-38-34(36)37)29(49)41-23(16-26(46)47)31(51)43-27(18(3)4)32(52)42-24(33(53)54)14-19-9-6-5-7-10-19/h5-7,9-10,17-18,20-24,27H,8,11-16,35H2,1-4H3,(H,39,48)(H,40,50)(H,41,49)(H,42,52)(H,43,51)(H,44,45)(H,46,47)(H,53,54)(H4,36,37,38)/t20-,21-,22-,23-,24-,27-/m0/s1. The average molecular weight is 764 g/mol. The fourth-order valence-corrected chi connectivity index (χ4v) is 5.04. The Morgan fingerprint density at radius 1 is 0.667 bits per heavy atom. The fourth-order valence-electron chi connectivity index (χ4n) is 5.04. The second kappa shape index (κ2) is 23.0. The van der Waals surface area contributed by atoms with Crippen molar-refractivity contribution in [1.82, 2.24) is 26.6 Å². The van der Waals surface area contributed by atoms with E-state index in [1.807, 2.05) is 0 Å². The predicted octanol–water partition coefficient (Wildman–Crippen LogP) is -2.23. The molecule has 0 heterocycles. The number of nitrogens with one attached hydrogen (secondary N) is 5. The highest BCUT2D eigenvalue weighted by atomic mass is 16.4. The van der Waals surface area contributed by atoms with Crippen molar-refractivity contribution in [3.63, 3.8) is 0 Å². The Morgan fingerprint density at radius 2 is 1.15 bits per heavy atom. The zero-order valence-electron chi connectivity index (χ0n) is 30.7. The van der Waals surface area contributed by atoms with Gasteiger partial charge in [0, 0.05) is 13.0 Å². The van der Waals surface area contributed by atoms with E-state index in [0.29, 0.717) is 12.0 Å². The van der Waals surface area contributed by atoms with E-state index in [1.165, 1.54) is 0 Å². The molecule has 5 amide bonds. The van der Waals surface area contributed by atoms with Gasteiger partial charge in [0.15, 0.2) is 5.96 Å². The third kappa shape index (κ3) is 17.6. The lowest BCUT2D eigenvalue weighted by molar-refractivity contribution is -0.143. The van der Waals surface area contributed by atoms with E-state index in [2.05, 4.69) is 31.6 Å². The van der Waals surface area contributed by atoms with E-state index < -0.39 is 102 Å². The van der Waals surface area contributed by atoms with Crippen molar-refractivity contribution in [3.8, 4) is 0 Å². The van der Waals surface area contributed by atoms with Crippen LogP contribution in [-0.2, 0) is 44.8 Å². The molecule has 0 bridgehead atoms. The molecule has 0 saturated carbocycles. The van der Waals surface area contributed by atoms with Crippen LogP contribution in [0.4, 0.5) is 0 Å². The second-order valence-corrected chi connectivity index (χ2v) is 13.4. The van der Waals surface area contributed by atoms with E-state index in [0.717, 1.165) is 0 Å². The molecule has 0 unspecified atom stereocenters. The van der Waals surface area contributed by atoms with E-state index in [1.54, 1.807) is 58.0 Å². The second-order valence-electron chi connectivity index (χ2n) is 13.4. The molecule has 0 aliphatic rings. The van der Waals surface area contributed by atoms with Gasteiger partial charge in [0.1, 0.15) is 30.2 Å². The van der Waals surface area contributed by atoms with Gasteiger partial charge in [-0.25, -0.2) is 4.79 Å². The van der Waals surface area contributed by atoms with Crippen molar-refractivity contribution < 1.29 is 53.7 Å². The molecule has 0 saturated heterocycles. The fraction of sp³-hybridized carbons (Fsp3) is 0.559. The lowest BCUT2D eigenvalue weighted by atomic mass is 10.00. The van der Waals surface area contributed by atoms with Gasteiger partial charge in [-0.1, -0.05) is 58.0 Å². The minimum absolute atomic E-state index is 0.0634. The number of nitrogens with zero attached hydrogens (tertiary/aromatic N) is 1. The highest BCUT2D eigenvalue weighted by molar-refractivity contribution is 5.98. The maximum absolute atomic E-state index is 13.5. The van der Waals surface area contributed by atoms with Crippen LogP contribution in [0.5, 0.6) is 0 Å². The largest absolute Gasteiger partial charge is 0.481 e. The van der Waals surface area contributed by atoms with Gasteiger partial charge in [0.2, 0.25) is 29.5 Å². The van der Waals surface area contributed by atoms with Gasteiger partial charge in [0.05, 0.1) is 18.9 Å². The number of hydrogen-bond donors (Lipinski definition) is 11. The molecule has 0 radical (unpaired) electrons. The summed E-state index contributed by atoms with van der Waals surface area (Å²) in [4.78, 5) is 105. The number of guanidine groups is 1. The number of nitrogens with two attached hydrogens (primary N) is 3. The number of aliphatic carboxylic acids is 3. The van der Waals surface area contributed by atoms with Crippen molar-refractivity contribution in [3.05, 3.63) is 35.9 Å². The van der Waals surface area contributed by atoms with Crippen molar-refractivity contribution >= 4 is 53.4 Å². The number of carbonyl (C=O) groups excluding carboxylic acids is 5. The minimum Gasteiger partial charge on any atom is -0.481 e. The Bertz CT molecular complexity index is 1500. The summed E-state index contributed by atoms with van der Waals surface area (Å²) in [6.07, 6.45) is -1.58. The summed E-state index contributed by atoms with van der Waals surface area (Å²) in [6.45, 7) is 6.67. The zero-order chi connectivity index (χ0) is 41.1. The molecule has 20 heteroatoms. The Labute approximate surface area is 312 Å². The van der Waals surface area contributed by atoms with Gasteiger partial charge in [-0.3, -0.25) is 38.6 Å². The number of carboxylic acids is 3. The quantitative estimate of drug-likeness (QED) is 0.0302. The molecule has 0 aliphatic heterocycles. The van der Waals surface area contributed by atoms with Gasteiger partial charge in [-0.05, 0) is 36.7 Å². The van der Waals surface area contributed by atoms with Crippen LogP contribution in [0.2, 0.25) is 0 Å². The molecule has 1 rings (SSSR count). The predicted molar refractivity (Wildman–Crippen MR) is 194 cm³/mol. The first-order valence-electron chi connectivity index (χ1n) is 17.2. The Kier molecular flexibility index (Phi) is 19.7. The molecular weight excluding hydrogens is 710 g/mol. The van der Waals surface area contributed by atoms with Crippen molar-refractivity contribution in [2.75, 3.05) is 6.54 Å². The van der Waals surface area contributed by atoms with Gasteiger partial charge in [-0.15, -0.1) is 0 Å². The van der Waals surface area contributed by atoms with Gasteiger partial charge in [-0.2, -0.15) is 0 Å². The van der Waals surface area contributed by atoms with Crippen LogP contribution in [0.25, 0.3) is 0 Å². The first kappa shape index (κ1) is 46.2. The number of rotatable bonds is 24. The number of aliphatic imine (C=N–C) groups is 1. The summed E-state index contributed by atoms with van der Waals surface area (Å²) in [5.74, 6) is -10.3. The summed E-state index contributed by atoms with van der Waals surface area (Å²) in [7, 11) is 0. The molecule has 0 aromatic heterocycles. The summed E-state index contributed by atoms with van der Waals surface area (Å²) in [5, 5.41) is 40.4. The summed E-state index contributed by atoms with van der Waals surface area (Å²) >= 11 is 0. The number of carboxylic acid groups (broad SMARTS) is 3. The zero-order valence-corrected chi connectivity index (χ0v) is 30.7. The number of hydrogen-bond acceptors (Lipinski definition) is 10. The van der Waals surface area contributed by atoms with E-state index >= 15 is 0 Å². The molecule has 0 fully saturated rings. The van der Waals surface area contributed by atoms with Crippen LogP contribution >= 0.6 is 0 Å². The first-order chi connectivity index (χ1) is 25.2. The summed E-state index contributed by atoms with van der Waals surface area (Å²) in [5.41, 5.74) is 17.0. The molecule has 1 aromatic rings. The third-order valence-electron chi connectivity index (χ3n) is 7.81. The highest BCUT2D eigenvalue weighted by Crippen LogP contribution is 2.10.